The van der Waals surface area contributed by atoms with Crippen molar-refractivity contribution in [2.75, 3.05) is 26.4 Å². The normalized spacial score (nSPS) is 21.8. The first-order chi connectivity index (χ1) is 5.00. The molecule has 0 aliphatic carbocycles. The van der Waals surface area contributed by atoms with E-state index >= 15 is 0 Å². The molecule has 0 N–H and O–H groups in total. The second kappa shape index (κ2) is 9.49. The van der Waals surface area contributed by atoms with Gasteiger partial charge in [0.1, 0.15) is 0 Å². The van der Waals surface area contributed by atoms with E-state index in [4.69, 9.17) is 9.47 Å². The molecule has 11 heavy (non-hydrogen) atoms. The maximum Gasteiger partial charge on any atom is 0.0466 e. The number of rotatable bonds is 0. The van der Waals surface area contributed by atoms with E-state index in [1.54, 1.807) is 0 Å². The van der Waals surface area contributed by atoms with E-state index in [-0.39, 0.29) is 45.5 Å². The second-order valence-corrected chi connectivity index (χ2v) is 2.64. The van der Waals surface area contributed by atoms with Crippen LogP contribution in [0, 0.1) is 0 Å². The van der Waals surface area contributed by atoms with Gasteiger partial charge in [-0.2, -0.15) is 0 Å². The molecule has 2 saturated heterocycles. The van der Waals surface area contributed by atoms with E-state index in [9.17, 15) is 0 Å². The van der Waals surface area contributed by atoms with Crippen molar-refractivity contribution in [3.05, 3.63) is 0 Å². The molecule has 0 atom stereocenters. The van der Waals surface area contributed by atoms with Crippen molar-refractivity contribution in [2.24, 2.45) is 0 Å². The molecule has 0 spiro atoms. The van der Waals surface area contributed by atoms with Crippen molar-refractivity contribution in [3.63, 3.8) is 0 Å². The summed E-state index contributed by atoms with van der Waals surface area (Å²) in [6.45, 7) is 4.00. The van der Waals surface area contributed by atoms with E-state index in [0.717, 1.165) is 26.4 Å². The molecule has 0 saturated carbocycles. The molecule has 2 nitrogen and oxygen atoms in total. The van der Waals surface area contributed by atoms with Crippen LogP contribution in [0.1, 0.15) is 25.7 Å². The Labute approximate surface area is 106 Å². The van der Waals surface area contributed by atoms with Crippen molar-refractivity contribution < 1.29 is 9.47 Å². The van der Waals surface area contributed by atoms with Crippen LogP contribution in [0.2, 0.25) is 0 Å². The Balaban J connectivity index is 0.000000167. The monoisotopic (exact) mass is 232 g/mol. The molecular formula is C8H16O2Sr. The minimum absolute atomic E-state index is 0. The summed E-state index contributed by atoms with van der Waals surface area (Å²) >= 11 is 0. The van der Waals surface area contributed by atoms with E-state index in [2.05, 4.69) is 0 Å². The maximum atomic E-state index is 4.94. The molecule has 2 radical (unpaired) electrons. The molecule has 2 rings (SSSR count). The fraction of sp³-hybridized carbons (Fsp3) is 1.00. The molecule has 0 aromatic carbocycles. The van der Waals surface area contributed by atoms with E-state index < -0.39 is 0 Å². The summed E-state index contributed by atoms with van der Waals surface area (Å²) in [6.07, 6.45) is 5.11. The number of ether oxygens (including phenoxy) is 2. The molecule has 2 aliphatic heterocycles. The molecule has 0 amide bonds. The van der Waals surface area contributed by atoms with Gasteiger partial charge in [-0.1, -0.05) is 0 Å². The zero-order valence-corrected chi connectivity index (χ0v) is 10.7. The van der Waals surface area contributed by atoms with Gasteiger partial charge in [-0.3, -0.25) is 0 Å². The van der Waals surface area contributed by atoms with E-state index in [1.807, 2.05) is 0 Å². The summed E-state index contributed by atoms with van der Waals surface area (Å²) < 4.78 is 9.89. The average molecular weight is 232 g/mol. The van der Waals surface area contributed by atoms with Crippen LogP contribution in [-0.2, 0) is 9.47 Å². The van der Waals surface area contributed by atoms with Gasteiger partial charge in [0, 0.05) is 71.9 Å². The van der Waals surface area contributed by atoms with Crippen LogP contribution in [0.3, 0.4) is 0 Å². The Hall–Kier alpha value is 1.40. The minimum Gasteiger partial charge on any atom is -0.381 e. The Kier molecular flexibility index (Phi) is 10.7. The third kappa shape index (κ3) is 7.75. The van der Waals surface area contributed by atoms with Crippen LogP contribution < -0.4 is 0 Å². The van der Waals surface area contributed by atoms with Gasteiger partial charge in [0.25, 0.3) is 0 Å². The van der Waals surface area contributed by atoms with Crippen LogP contribution in [0.4, 0.5) is 0 Å². The van der Waals surface area contributed by atoms with Crippen LogP contribution in [-0.4, -0.2) is 71.9 Å². The van der Waals surface area contributed by atoms with Crippen LogP contribution in [0.15, 0.2) is 0 Å². The molecular weight excluding hydrogens is 216 g/mol. The van der Waals surface area contributed by atoms with Gasteiger partial charge in [-0.15, -0.1) is 0 Å². The first-order valence-electron chi connectivity index (χ1n) is 4.15. The van der Waals surface area contributed by atoms with Crippen molar-refractivity contribution >= 4 is 45.5 Å². The summed E-state index contributed by atoms with van der Waals surface area (Å²) in [5.41, 5.74) is 0. The predicted molar refractivity (Wildman–Crippen MR) is 45.9 cm³/mol. The van der Waals surface area contributed by atoms with Crippen LogP contribution in [0.25, 0.3) is 0 Å². The molecule has 0 aromatic heterocycles. The standard InChI is InChI=1S/2C4H8O.Sr/c2*1-2-4-5-3-1;/h2*1-4H2;. The molecule has 2 fully saturated rings. The Bertz CT molecular complexity index is 45.3. The molecule has 0 unspecified atom stereocenters. The Morgan fingerprint density at radius 3 is 0.909 bits per heavy atom. The summed E-state index contributed by atoms with van der Waals surface area (Å²) in [5, 5.41) is 0. The van der Waals surface area contributed by atoms with Crippen LogP contribution in [0.5, 0.6) is 0 Å². The molecule has 62 valence electrons. The molecule has 0 bridgehead atoms. The third-order valence-corrected chi connectivity index (χ3v) is 1.65. The van der Waals surface area contributed by atoms with Crippen molar-refractivity contribution in [2.45, 2.75) is 25.7 Å². The van der Waals surface area contributed by atoms with Gasteiger partial charge in [0.2, 0.25) is 0 Å². The first-order valence-corrected chi connectivity index (χ1v) is 4.15. The first kappa shape index (κ1) is 12.4. The maximum absolute atomic E-state index is 4.94. The van der Waals surface area contributed by atoms with Gasteiger partial charge in [0.15, 0.2) is 0 Å². The zero-order chi connectivity index (χ0) is 7.07. The predicted octanol–water partition coefficient (Wildman–Crippen LogP) is 1.21. The van der Waals surface area contributed by atoms with Gasteiger partial charge < -0.3 is 9.47 Å². The molecule has 0 aromatic rings. The topological polar surface area (TPSA) is 18.5 Å². The van der Waals surface area contributed by atoms with E-state index in [1.165, 1.54) is 25.7 Å². The van der Waals surface area contributed by atoms with Gasteiger partial charge in [-0.05, 0) is 25.7 Å². The Morgan fingerprint density at radius 2 is 0.818 bits per heavy atom. The average Bonchev–Trinajstić information content (AvgIpc) is 2.67. The summed E-state index contributed by atoms with van der Waals surface area (Å²) in [4.78, 5) is 0. The number of hydrogen-bond acceptors (Lipinski definition) is 2. The quantitative estimate of drug-likeness (QED) is 0.584. The SMILES string of the molecule is C1CCOC1.C1CCOC1.[Sr]. The summed E-state index contributed by atoms with van der Waals surface area (Å²) in [5.74, 6) is 0. The summed E-state index contributed by atoms with van der Waals surface area (Å²) in [6, 6.07) is 0. The molecule has 3 heteroatoms. The fourth-order valence-electron chi connectivity index (χ4n) is 1.02. The van der Waals surface area contributed by atoms with E-state index in [0.29, 0.717) is 0 Å². The van der Waals surface area contributed by atoms with Gasteiger partial charge >= 0.3 is 0 Å². The Morgan fingerprint density at radius 1 is 0.545 bits per heavy atom. The van der Waals surface area contributed by atoms with Gasteiger partial charge in [-0.25, -0.2) is 0 Å². The minimum atomic E-state index is 0. The third-order valence-electron chi connectivity index (χ3n) is 1.65. The zero-order valence-electron chi connectivity index (χ0n) is 7.18. The molecule has 2 heterocycles. The van der Waals surface area contributed by atoms with Crippen LogP contribution >= 0.6 is 0 Å². The number of hydrogen-bond donors (Lipinski definition) is 0. The van der Waals surface area contributed by atoms with Crippen molar-refractivity contribution in [3.8, 4) is 0 Å². The van der Waals surface area contributed by atoms with Crippen molar-refractivity contribution in [1.82, 2.24) is 0 Å². The fourth-order valence-corrected chi connectivity index (χ4v) is 1.02. The van der Waals surface area contributed by atoms with Gasteiger partial charge in [0.05, 0.1) is 0 Å². The summed E-state index contributed by atoms with van der Waals surface area (Å²) in [7, 11) is 0. The van der Waals surface area contributed by atoms with Crippen molar-refractivity contribution in [1.29, 1.82) is 0 Å². The second-order valence-electron chi connectivity index (χ2n) is 2.64. The smallest absolute Gasteiger partial charge is 0.0466 e. The molecule has 2 aliphatic rings. The largest absolute Gasteiger partial charge is 0.381 e.